The molecular formula is C24H24N2O3S. The van der Waals surface area contributed by atoms with Gasteiger partial charge in [0.1, 0.15) is 0 Å². The lowest BCUT2D eigenvalue weighted by Crippen LogP contribution is -2.29. The molecule has 1 N–H and O–H groups in total. The Hall–Kier alpha value is -3.12. The summed E-state index contributed by atoms with van der Waals surface area (Å²) >= 11 is 0. The topological polar surface area (TPSA) is 66.5 Å². The van der Waals surface area contributed by atoms with Crippen molar-refractivity contribution in [1.29, 1.82) is 0 Å². The van der Waals surface area contributed by atoms with Gasteiger partial charge in [0, 0.05) is 19.0 Å². The molecule has 3 aromatic rings. The van der Waals surface area contributed by atoms with E-state index < -0.39 is 10.0 Å². The van der Waals surface area contributed by atoms with Crippen molar-refractivity contribution in [2.75, 3.05) is 17.8 Å². The molecule has 5 nitrogen and oxygen atoms in total. The first-order valence-electron chi connectivity index (χ1n) is 9.97. The molecule has 4 rings (SSSR count). The molecule has 1 aliphatic rings. The van der Waals surface area contributed by atoms with Gasteiger partial charge in [0.05, 0.1) is 16.1 Å². The highest BCUT2D eigenvalue weighted by Gasteiger charge is 2.29. The third-order valence-electron chi connectivity index (χ3n) is 5.48. The second kappa shape index (κ2) is 8.32. The van der Waals surface area contributed by atoms with Gasteiger partial charge in [0.15, 0.2) is 0 Å². The number of benzene rings is 3. The third-order valence-corrected chi connectivity index (χ3v) is 6.86. The summed E-state index contributed by atoms with van der Waals surface area (Å²) in [4.78, 5) is 15.2. The van der Waals surface area contributed by atoms with Crippen molar-refractivity contribution in [3.63, 3.8) is 0 Å². The van der Waals surface area contributed by atoms with Crippen LogP contribution in [0.4, 0.5) is 5.69 Å². The fraction of sp³-hybridized carbons (Fsp3) is 0.208. The average molecular weight is 421 g/mol. The summed E-state index contributed by atoms with van der Waals surface area (Å²) in [6, 6.07) is 23.6. The van der Waals surface area contributed by atoms with Crippen molar-refractivity contribution in [2.24, 2.45) is 0 Å². The summed E-state index contributed by atoms with van der Waals surface area (Å²) in [6.45, 7) is 3.18. The van der Waals surface area contributed by atoms with Crippen LogP contribution >= 0.6 is 0 Å². The van der Waals surface area contributed by atoms with Gasteiger partial charge in [0.25, 0.3) is 15.9 Å². The van der Waals surface area contributed by atoms with Gasteiger partial charge >= 0.3 is 0 Å². The predicted molar refractivity (Wildman–Crippen MR) is 118 cm³/mol. The summed E-state index contributed by atoms with van der Waals surface area (Å²) < 4.78 is 28.2. The number of anilines is 1. The van der Waals surface area contributed by atoms with E-state index in [1.165, 1.54) is 5.56 Å². The molecule has 0 radical (unpaired) electrons. The number of amides is 1. The van der Waals surface area contributed by atoms with Crippen LogP contribution in [0.3, 0.4) is 0 Å². The van der Waals surface area contributed by atoms with E-state index in [-0.39, 0.29) is 10.8 Å². The lowest BCUT2D eigenvalue weighted by Gasteiger charge is -2.19. The first-order valence-corrected chi connectivity index (χ1v) is 11.4. The summed E-state index contributed by atoms with van der Waals surface area (Å²) in [5.41, 5.74) is 2.86. The predicted octanol–water partition coefficient (Wildman–Crippen LogP) is 4.43. The van der Waals surface area contributed by atoms with Gasteiger partial charge in [-0.15, -0.1) is 0 Å². The van der Waals surface area contributed by atoms with Gasteiger partial charge in [-0.2, -0.15) is 0 Å². The van der Waals surface area contributed by atoms with E-state index in [2.05, 4.69) is 16.9 Å². The minimum atomic E-state index is -3.78. The summed E-state index contributed by atoms with van der Waals surface area (Å²) in [6.07, 6.45) is 0.896. The smallest absolute Gasteiger partial charge is 0.261 e. The molecule has 0 spiro atoms. The van der Waals surface area contributed by atoms with Gasteiger partial charge in [-0.05, 0) is 43.2 Å². The number of hydrogen-bond acceptors (Lipinski definition) is 3. The summed E-state index contributed by atoms with van der Waals surface area (Å²) in [5.74, 6) is 0.141. The monoisotopic (exact) mass is 420 g/mol. The van der Waals surface area contributed by atoms with Crippen LogP contribution in [-0.4, -0.2) is 32.3 Å². The second-order valence-electron chi connectivity index (χ2n) is 7.61. The van der Waals surface area contributed by atoms with E-state index in [0.717, 1.165) is 12.0 Å². The largest absolute Gasteiger partial charge is 0.338 e. The third kappa shape index (κ3) is 4.24. The van der Waals surface area contributed by atoms with E-state index in [4.69, 9.17) is 0 Å². The average Bonchev–Trinajstić information content (AvgIpc) is 3.25. The number of likely N-dealkylation sites (tertiary alicyclic amines) is 1. The molecule has 1 amide bonds. The molecule has 6 heteroatoms. The molecule has 3 aromatic carbocycles. The van der Waals surface area contributed by atoms with Crippen LogP contribution in [0.1, 0.15) is 33.8 Å². The van der Waals surface area contributed by atoms with E-state index >= 15 is 0 Å². The minimum absolute atomic E-state index is 0.157. The maximum atomic E-state index is 13.2. The van der Waals surface area contributed by atoms with Crippen molar-refractivity contribution >= 4 is 21.6 Å². The number of carbonyl (C=O) groups is 1. The first-order chi connectivity index (χ1) is 14.4. The zero-order valence-electron chi connectivity index (χ0n) is 16.8. The quantitative estimate of drug-likeness (QED) is 0.664. The maximum Gasteiger partial charge on any atom is 0.261 e. The highest BCUT2D eigenvalue weighted by atomic mass is 32.2. The molecule has 0 bridgehead atoms. The van der Waals surface area contributed by atoms with Crippen LogP contribution in [0.15, 0.2) is 83.8 Å². The maximum absolute atomic E-state index is 13.2. The second-order valence-corrected chi connectivity index (χ2v) is 9.29. The number of para-hydroxylation sites is 1. The van der Waals surface area contributed by atoms with Crippen LogP contribution in [0.5, 0.6) is 0 Å². The highest BCUT2D eigenvalue weighted by molar-refractivity contribution is 7.92. The fourth-order valence-electron chi connectivity index (χ4n) is 3.79. The Bertz CT molecular complexity index is 1140. The first kappa shape index (κ1) is 20.2. The van der Waals surface area contributed by atoms with Crippen molar-refractivity contribution in [3.05, 3.63) is 95.6 Å². The number of aryl methyl sites for hydroxylation is 1. The van der Waals surface area contributed by atoms with E-state index in [1.807, 2.05) is 25.1 Å². The Morgan fingerprint density at radius 3 is 2.33 bits per heavy atom. The van der Waals surface area contributed by atoms with Gasteiger partial charge in [-0.1, -0.05) is 60.2 Å². The van der Waals surface area contributed by atoms with Crippen LogP contribution < -0.4 is 4.72 Å². The van der Waals surface area contributed by atoms with Gasteiger partial charge in [-0.25, -0.2) is 8.42 Å². The number of carbonyl (C=O) groups excluding carboxylic acids is 1. The van der Waals surface area contributed by atoms with Crippen LogP contribution in [0.2, 0.25) is 0 Å². The molecule has 0 aromatic heterocycles. The minimum Gasteiger partial charge on any atom is -0.338 e. The Morgan fingerprint density at radius 1 is 0.933 bits per heavy atom. The fourth-order valence-corrected chi connectivity index (χ4v) is 4.87. The number of rotatable bonds is 5. The van der Waals surface area contributed by atoms with Crippen LogP contribution in [-0.2, 0) is 10.0 Å². The molecule has 1 fully saturated rings. The van der Waals surface area contributed by atoms with Crippen molar-refractivity contribution < 1.29 is 13.2 Å². The van der Waals surface area contributed by atoms with Gasteiger partial charge < -0.3 is 4.90 Å². The molecule has 154 valence electrons. The summed E-state index contributed by atoms with van der Waals surface area (Å²) in [5, 5.41) is 0. The van der Waals surface area contributed by atoms with Gasteiger partial charge in [0.2, 0.25) is 0 Å². The number of sulfonamides is 1. The SMILES string of the molecule is Cc1ccc(S(=O)(=O)Nc2ccccc2C(=O)N2CCC(c3ccccc3)C2)cc1. The normalized spacial score (nSPS) is 16.4. The van der Waals surface area contributed by atoms with E-state index in [1.54, 1.807) is 53.4 Å². The van der Waals surface area contributed by atoms with Crippen LogP contribution in [0, 0.1) is 6.92 Å². The Balaban J connectivity index is 1.55. The molecule has 0 aliphatic carbocycles. The number of nitrogens with one attached hydrogen (secondary N) is 1. The Labute approximate surface area is 177 Å². The molecule has 1 atom stereocenters. The Kier molecular flexibility index (Phi) is 5.59. The molecule has 1 saturated heterocycles. The van der Waals surface area contributed by atoms with E-state index in [9.17, 15) is 13.2 Å². The van der Waals surface area contributed by atoms with Crippen LogP contribution in [0.25, 0.3) is 0 Å². The molecule has 1 aliphatic heterocycles. The van der Waals surface area contributed by atoms with E-state index in [0.29, 0.717) is 30.3 Å². The Morgan fingerprint density at radius 2 is 1.60 bits per heavy atom. The molecular weight excluding hydrogens is 396 g/mol. The molecule has 1 heterocycles. The van der Waals surface area contributed by atoms with Crippen molar-refractivity contribution in [1.82, 2.24) is 4.90 Å². The lowest BCUT2D eigenvalue weighted by molar-refractivity contribution is 0.0792. The number of hydrogen-bond donors (Lipinski definition) is 1. The lowest BCUT2D eigenvalue weighted by atomic mass is 9.99. The summed E-state index contributed by atoms with van der Waals surface area (Å²) in [7, 11) is -3.78. The molecule has 1 unspecified atom stereocenters. The molecule has 0 saturated carbocycles. The number of nitrogens with zero attached hydrogens (tertiary/aromatic N) is 1. The zero-order valence-corrected chi connectivity index (χ0v) is 17.6. The molecule has 30 heavy (non-hydrogen) atoms. The van der Waals surface area contributed by atoms with Gasteiger partial charge in [-0.3, -0.25) is 9.52 Å². The standard InChI is InChI=1S/C24H24N2O3S/c1-18-11-13-21(14-12-18)30(28,29)25-23-10-6-5-9-22(23)24(27)26-16-15-20(17-26)19-7-3-2-4-8-19/h2-14,20,25H,15-17H2,1H3. The van der Waals surface area contributed by atoms with Crippen molar-refractivity contribution in [2.45, 2.75) is 24.2 Å². The zero-order chi connectivity index (χ0) is 21.1. The highest BCUT2D eigenvalue weighted by Crippen LogP contribution is 2.29. The van der Waals surface area contributed by atoms with Crippen molar-refractivity contribution in [3.8, 4) is 0 Å².